The van der Waals surface area contributed by atoms with Gasteiger partial charge < -0.3 is 11.1 Å². The second-order valence-electron chi connectivity index (χ2n) is 4.14. The molecule has 0 radical (unpaired) electrons. The molecule has 0 aliphatic carbocycles. The summed E-state index contributed by atoms with van der Waals surface area (Å²) in [6.45, 7) is 5.51. The van der Waals surface area contributed by atoms with Gasteiger partial charge in [0.2, 0.25) is 0 Å². The molecule has 0 aliphatic heterocycles. The van der Waals surface area contributed by atoms with Crippen LogP contribution in [0.15, 0.2) is 24.3 Å². The Labute approximate surface area is 92.9 Å². The fraction of sp³-hybridized carbons (Fsp3) is 0.538. The fourth-order valence-electron chi connectivity index (χ4n) is 1.68. The van der Waals surface area contributed by atoms with E-state index in [0.717, 1.165) is 18.7 Å². The van der Waals surface area contributed by atoms with E-state index in [1.165, 1.54) is 18.4 Å². The maximum Gasteiger partial charge on any atom is 0.0314 e. The SMILES string of the molecule is CCCC(C)NCCc1ccc(N)cc1. The Hall–Kier alpha value is -1.02. The van der Waals surface area contributed by atoms with Gasteiger partial charge in [-0.2, -0.15) is 0 Å². The molecule has 0 saturated heterocycles. The van der Waals surface area contributed by atoms with Gasteiger partial charge in [-0.05, 0) is 44.0 Å². The smallest absolute Gasteiger partial charge is 0.0314 e. The molecule has 1 aromatic carbocycles. The van der Waals surface area contributed by atoms with Crippen LogP contribution in [0, 0.1) is 0 Å². The van der Waals surface area contributed by atoms with Crippen molar-refractivity contribution in [2.75, 3.05) is 12.3 Å². The minimum Gasteiger partial charge on any atom is -0.399 e. The van der Waals surface area contributed by atoms with Gasteiger partial charge in [0.25, 0.3) is 0 Å². The Morgan fingerprint density at radius 3 is 2.53 bits per heavy atom. The molecule has 0 aromatic heterocycles. The summed E-state index contributed by atoms with van der Waals surface area (Å²) in [6, 6.07) is 8.75. The zero-order chi connectivity index (χ0) is 11.1. The first-order valence-electron chi connectivity index (χ1n) is 5.80. The molecule has 0 aliphatic rings. The Bertz CT molecular complexity index is 266. The van der Waals surface area contributed by atoms with Crippen LogP contribution in [0.5, 0.6) is 0 Å². The van der Waals surface area contributed by atoms with Gasteiger partial charge in [0.1, 0.15) is 0 Å². The molecule has 2 heteroatoms. The van der Waals surface area contributed by atoms with Gasteiger partial charge in [0.15, 0.2) is 0 Å². The molecule has 0 heterocycles. The number of hydrogen-bond acceptors (Lipinski definition) is 2. The van der Waals surface area contributed by atoms with Gasteiger partial charge in [-0.3, -0.25) is 0 Å². The number of rotatable bonds is 6. The van der Waals surface area contributed by atoms with Gasteiger partial charge in [-0.1, -0.05) is 25.5 Å². The van der Waals surface area contributed by atoms with Crippen molar-refractivity contribution in [2.45, 2.75) is 39.2 Å². The topological polar surface area (TPSA) is 38.0 Å². The quantitative estimate of drug-likeness (QED) is 0.702. The number of benzene rings is 1. The van der Waals surface area contributed by atoms with Crippen LogP contribution in [0.25, 0.3) is 0 Å². The van der Waals surface area contributed by atoms with E-state index >= 15 is 0 Å². The molecule has 1 rings (SSSR count). The van der Waals surface area contributed by atoms with Gasteiger partial charge in [-0.25, -0.2) is 0 Å². The van der Waals surface area contributed by atoms with Crippen molar-refractivity contribution in [1.29, 1.82) is 0 Å². The van der Waals surface area contributed by atoms with Crippen LogP contribution >= 0.6 is 0 Å². The first kappa shape index (κ1) is 12.1. The maximum absolute atomic E-state index is 5.63. The van der Waals surface area contributed by atoms with Crippen molar-refractivity contribution in [3.8, 4) is 0 Å². The summed E-state index contributed by atoms with van der Waals surface area (Å²) in [5.74, 6) is 0. The minimum atomic E-state index is 0.629. The van der Waals surface area contributed by atoms with E-state index in [2.05, 4.69) is 31.3 Å². The van der Waals surface area contributed by atoms with Gasteiger partial charge in [0.05, 0.1) is 0 Å². The molecule has 0 bridgehead atoms. The highest BCUT2D eigenvalue weighted by Gasteiger charge is 1.98. The molecule has 0 spiro atoms. The van der Waals surface area contributed by atoms with Crippen molar-refractivity contribution < 1.29 is 0 Å². The average molecular weight is 206 g/mol. The molecular formula is C13H22N2. The maximum atomic E-state index is 5.63. The largest absolute Gasteiger partial charge is 0.399 e. The lowest BCUT2D eigenvalue weighted by atomic mass is 10.1. The Morgan fingerprint density at radius 1 is 1.27 bits per heavy atom. The normalized spacial score (nSPS) is 12.7. The number of nitrogens with two attached hydrogens (primary N) is 1. The highest BCUT2D eigenvalue weighted by Crippen LogP contribution is 2.05. The standard InChI is InChI=1S/C13H22N2/c1-3-4-11(2)15-10-9-12-5-7-13(14)8-6-12/h5-8,11,15H,3-4,9-10,14H2,1-2H3. The van der Waals surface area contributed by atoms with Crippen LogP contribution in [0.3, 0.4) is 0 Å². The van der Waals surface area contributed by atoms with Crippen LogP contribution in [0.1, 0.15) is 32.3 Å². The molecule has 1 aromatic rings. The molecule has 0 amide bonds. The number of nitrogens with one attached hydrogen (secondary N) is 1. The first-order chi connectivity index (χ1) is 7.22. The number of hydrogen-bond donors (Lipinski definition) is 2. The highest BCUT2D eigenvalue weighted by molar-refractivity contribution is 5.39. The van der Waals surface area contributed by atoms with E-state index in [-0.39, 0.29) is 0 Å². The van der Waals surface area contributed by atoms with E-state index in [1.54, 1.807) is 0 Å². The van der Waals surface area contributed by atoms with Crippen LogP contribution < -0.4 is 11.1 Å². The zero-order valence-electron chi connectivity index (χ0n) is 9.79. The molecule has 15 heavy (non-hydrogen) atoms. The molecule has 0 saturated carbocycles. The van der Waals surface area contributed by atoms with Crippen molar-refractivity contribution >= 4 is 5.69 Å². The van der Waals surface area contributed by atoms with Gasteiger partial charge in [-0.15, -0.1) is 0 Å². The second kappa shape index (κ2) is 6.46. The predicted molar refractivity (Wildman–Crippen MR) is 66.9 cm³/mol. The summed E-state index contributed by atoms with van der Waals surface area (Å²) in [4.78, 5) is 0. The molecular weight excluding hydrogens is 184 g/mol. The summed E-state index contributed by atoms with van der Waals surface area (Å²) in [5, 5.41) is 3.52. The Morgan fingerprint density at radius 2 is 1.93 bits per heavy atom. The van der Waals surface area contributed by atoms with Crippen molar-refractivity contribution in [2.24, 2.45) is 0 Å². The molecule has 3 N–H and O–H groups in total. The lowest BCUT2D eigenvalue weighted by Gasteiger charge is -2.12. The lowest BCUT2D eigenvalue weighted by molar-refractivity contribution is 0.512. The summed E-state index contributed by atoms with van der Waals surface area (Å²) >= 11 is 0. The van der Waals surface area contributed by atoms with Crippen LogP contribution in [-0.4, -0.2) is 12.6 Å². The van der Waals surface area contributed by atoms with Gasteiger partial charge in [0, 0.05) is 11.7 Å². The molecule has 0 fully saturated rings. The van der Waals surface area contributed by atoms with Crippen molar-refractivity contribution in [3.63, 3.8) is 0 Å². The average Bonchev–Trinajstić information content (AvgIpc) is 2.21. The van der Waals surface area contributed by atoms with E-state index in [0.29, 0.717) is 6.04 Å². The molecule has 84 valence electrons. The fourth-order valence-corrected chi connectivity index (χ4v) is 1.68. The minimum absolute atomic E-state index is 0.629. The summed E-state index contributed by atoms with van der Waals surface area (Å²) in [6.07, 6.45) is 3.58. The Kier molecular flexibility index (Phi) is 5.19. The van der Waals surface area contributed by atoms with Crippen LogP contribution in [0.2, 0.25) is 0 Å². The van der Waals surface area contributed by atoms with Crippen molar-refractivity contribution in [1.82, 2.24) is 5.32 Å². The first-order valence-corrected chi connectivity index (χ1v) is 5.80. The number of nitrogen functional groups attached to an aromatic ring is 1. The van der Waals surface area contributed by atoms with Gasteiger partial charge >= 0.3 is 0 Å². The van der Waals surface area contributed by atoms with E-state index < -0.39 is 0 Å². The second-order valence-corrected chi connectivity index (χ2v) is 4.14. The van der Waals surface area contributed by atoms with Crippen LogP contribution in [-0.2, 0) is 6.42 Å². The van der Waals surface area contributed by atoms with E-state index in [4.69, 9.17) is 5.73 Å². The number of anilines is 1. The summed E-state index contributed by atoms with van der Waals surface area (Å²) in [7, 11) is 0. The molecule has 1 atom stereocenters. The predicted octanol–water partition coefficient (Wildman–Crippen LogP) is 2.59. The zero-order valence-corrected chi connectivity index (χ0v) is 9.79. The third-order valence-electron chi connectivity index (χ3n) is 2.61. The summed E-state index contributed by atoms with van der Waals surface area (Å²) in [5.41, 5.74) is 7.81. The third kappa shape index (κ3) is 4.84. The highest BCUT2D eigenvalue weighted by atomic mass is 14.9. The van der Waals surface area contributed by atoms with E-state index in [9.17, 15) is 0 Å². The van der Waals surface area contributed by atoms with Crippen molar-refractivity contribution in [3.05, 3.63) is 29.8 Å². The third-order valence-corrected chi connectivity index (χ3v) is 2.61. The monoisotopic (exact) mass is 206 g/mol. The Balaban J connectivity index is 2.22. The van der Waals surface area contributed by atoms with E-state index in [1.807, 2.05) is 12.1 Å². The molecule has 1 unspecified atom stereocenters. The summed E-state index contributed by atoms with van der Waals surface area (Å²) < 4.78 is 0. The van der Waals surface area contributed by atoms with Crippen LogP contribution in [0.4, 0.5) is 5.69 Å². The molecule has 2 nitrogen and oxygen atoms in total. The lowest BCUT2D eigenvalue weighted by Crippen LogP contribution is -2.27.